The van der Waals surface area contributed by atoms with Crippen LogP contribution in [0, 0.1) is 6.92 Å². The van der Waals surface area contributed by atoms with Crippen molar-refractivity contribution in [1.82, 2.24) is 9.97 Å². The maximum atomic E-state index is 5.71. The van der Waals surface area contributed by atoms with E-state index in [1.807, 2.05) is 31.2 Å². The van der Waals surface area contributed by atoms with Crippen LogP contribution in [0.1, 0.15) is 12.5 Å². The summed E-state index contributed by atoms with van der Waals surface area (Å²) in [7, 11) is 1.58. The number of rotatable bonds is 6. The molecule has 1 heterocycles. The molecular weight excluding hydrogens is 254 g/mol. The summed E-state index contributed by atoms with van der Waals surface area (Å²) in [6.45, 7) is 4.63. The Kier molecular flexibility index (Phi) is 4.76. The third-order valence-electron chi connectivity index (χ3n) is 2.77. The van der Waals surface area contributed by atoms with Gasteiger partial charge in [-0.25, -0.2) is 9.97 Å². The highest BCUT2D eigenvalue weighted by Gasteiger charge is 2.05. The van der Waals surface area contributed by atoms with Crippen LogP contribution in [-0.4, -0.2) is 29.7 Å². The first-order chi connectivity index (χ1) is 9.67. The SMILES string of the molecule is COc1cc(NC(C)COc2ccc(C)cc2)ncn1. The van der Waals surface area contributed by atoms with Gasteiger partial charge in [0.25, 0.3) is 0 Å². The van der Waals surface area contributed by atoms with Gasteiger partial charge in [-0.05, 0) is 26.0 Å². The standard InChI is InChI=1S/C15H19N3O2/c1-11-4-6-13(7-5-11)20-9-12(2)18-14-8-15(19-3)17-10-16-14/h4-8,10,12H,9H2,1-3H3,(H,16,17,18). The Morgan fingerprint density at radius 3 is 2.65 bits per heavy atom. The van der Waals surface area contributed by atoms with E-state index in [2.05, 4.69) is 22.2 Å². The van der Waals surface area contributed by atoms with E-state index in [0.717, 1.165) is 11.6 Å². The normalized spacial score (nSPS) is 11.8. The highest BCUT2D eigenvalue weighted by molar-refractivity contribution is 5.38. The lowest BCUT2D eigenvalue weighted by molar-refractivity contribution is 0.303. The van der Waals surface area contributed by atoms with Gasteiger partial charge in [0.15, 0.2) is 0 Å². The van der Waals surface area contributed by atoms with E-state index >= 15 is 0 Å². The van der Waals surface area contributed by atoms with E-state index in [9.17, 15) is 0 Å². The van der Waals surface area contributed by atoms with Gasteiger partial charge in [0, 0.05) is 6.07 Å². The van der Waals surface area contributed by atoms with Gasteiger partial charge in [0.2, 0.25) is 5.88 Å². The lowest BCUT2D eigenvalue weighted by Gasteiger charge is -2.15. The van der Waals surface area contributed by atoms with E-state index in [1.54, 1.807) is 13.2 Å². The second-order valence-electron chi connectivity index (χ2n) is 4.62. The van der Waals surface area contributed by atoms with Crippen LogP contribution < -0.4 is 14.8 Å². The average Bonchev–Trinajstić information content (AvgIpc) is 2.47. The third kappa shape index (κ3) is 4.12. The van der Waals surface area contributed by atoms with Gasteiger partial charge < -0.3 is 14.8 Å². The molecule has 0 fully saturated rings. The van der Waals surface area contributed by atoms with E-state index in [-0.39, 0.29) is 6.04 Å². The molecule has 5 heteroatoms. The minimum atomic E-state index is 0.121. The molecule has 106 valence electrons. The molecule has 5 nitrogen and oxygen atoms in total. The van der Waals surface area contributed by atoms with Crippen LogP contribution in [0.25, 0.3) is 0 Å². The fourth-order valence-corrected chi connectivity index (χ4v) is 1.68. The van der Waals surface area contributed by atoms with Crippen molar-refractivity contribution in [3.63, 3.8) is 0 Å². The molecule has 0 bridgehead atoms. The summed E-state index contributed by atoms with van der Waals surface area (Å²) >= 11 is 0. The largest absolute Gasteiger partial charge is 0.491 e. The van der Waals surface area contributed by atoms with E-state index in [1.165, 1.54) is 11.9 Å². The van der Waals surface area contributed by atoms with Crippen LogP contribution in [-0.2, 0) is 0 Å². The minimum Gasteiger partial charge on any atom is -0.491 e. The van der Waals surface area contributed by atoms with Crippen molar-refractivity contribution >= 4 is 5.82 Å². The molecule has 2 aromatic rings. The Morgan fingerprint density at radius 2 is 1.95 bits per heavy atom. The number of anilines is 1. The Bertz CT molecular complexity index is 543. The molecule has 1 N–H and O–H groups in total. The van der Waals surface area contributed by atoms with Gasteiger partial charge in [-0.2, -0.15) is 0 Å². The molecule has 0 amide bonds. The summed E-state index contributed by atoms with van der Waals surface area (Å²) in [4.78, 5) is 8.10. The van der Waals surface area contributed by atoms with Gasteiger partial charge in [-0.15, -0.1) is 0 Å². The van der Waals surface area contributed by atoms with Gasteiger partial charge in [-0.1, -0.05) is 17.7 Å². The molecule has 0 saturated carbocycles. The number of hydrogen-bond donors (Lipinski definition) is 1. The van der Waals surface area contributed by atoms with Crippen molar-refractivity contribution in [1.29, 1.82) is 0 Å². The van der Waals surface area contributed by atoms with E-state index in [4.69, 9.17) is 9.47 Å². The molecule has 2 rings (SSSR count). The van der Waals surface area contributed by atoms with Gasteiger partial charge in [-0.3, -0.25) is 0 Å². The molecule has 0 saturated heterocycles. The summed E-state index contributed by atoms with van der Waals surface area (Å²) in [6.07, 6.45) is 1.47. The Labute approximate surface area is 119 Å². The van der Waals surface area contributed by atoms with E-state index in [0.29, 0.717) is 12.5 Å². The van der Waals surface area contributed by atoms with Crippen LogP contribution in [0.15, 0.2) is 36.7 Å². The fourth-order valence-electron chi connectivity index (χ4n) is 1.68. The number of aromatic nitrogens is 2. The minimum absolute atomic E-state index is 0.121. The zero-order chi connectivity index (χ0) is 14.4. The molecule has 1 aromatic carbocycles. The second kappa shape index (κ2) is 6.75. The number of ether oxygens (including phenoxy) is 2. The predicted octanol–water partition coefficient (Wildman–Crippen LogP) is 2.67. The lowest BCUT2D eigenvalue weighted by atomic mass is 10.2. The van der Waals surface area contributed by atoms with Crippen molar-refractivity contribution in [2.75, 3.05) is 19.0 Å². The monoisotopic (exact) mass is 273 g/mol. The zero-order valence-corrected chi connectivity index (χ0v) is 12.0. The third-order valence-corrected chi connectivity index (χ3v) is 2.77. The number of nitrogens with one attached hydrogen (secondary N) is 1. The summed E-state index contributed by atoms with van der Waals surface area (Å²) in [5, 5.41) is 3.24. The first kappa shape index (κ1) is 14.1. The fraction of sp³-hybridized carbons (Fsp3) is 0.333. The summed E-state index contributed by atoms with van der Waals surface area (Å²) < 4.78 is 10.8. The molecule has 1 unspecified atom stereocenters. The Balaban J connectivity index is 1.85. The molecule has 1 aromatic heterocycles. The average molecular weight is 273 g/mol. The predicted molar refractivity (Wildman–Crippen MR) is 78.3 cm³/mol. The first-order valence-corrected chi connectivity index (χ1v) is 6.49. The summed E-state index contributed by atoms with van der Waals surface area (Å²) in [5.74, 6) is 2.12. The van der Waals surface area contributed by atoms with E-state index < -0.39 is 0 Å². The van der Waals surface area contributed by atoms with Crippen molar-refractivity contribution in [2.45, 2.75) is 19.9 Å². The number of aryl methyl sites for hydroxylation is 1. The van der Waals surface area contributed by atoms with Crippen LogP contribution in [0.2, 0.25) is 0 Å². The summed E-state index contributed by atoms with van der Waals surface area (Å²) in [5.41, 5.74) is 1.22. The zero-order valence-electron chi connectivity index (χ0n) is 12.0. The number of hydrogen-bond acceptors (Lipinski definition) is 5. The van der Waals surface area contributed by atoms with Crippen LogP contribution in [0.5, 0.6) is 11.6 Å². The number of methoxy groups -OCH3 is 1. The number of benzene rings is 1. The molecule has 0 spiro atoms. The molecule has 0 aliphatic carbocycles. The number of nitrogens with zero attached hydrogens (tertiary/aromatic N) is 2. The molecule has 0 radical (unpaired) electrons. The second-order valence-corrected chi connectivity index (χ2v) is 4.62. The van der Waals surface area contributed by atoms with Crippen molar-refractivity contribution in [2.24, 2.45) is 0 Å². The molecule has 1 atom stereocenters. The molecule has 20 heavy (non-hydrogen) atoms. The Hall–Kier alpha value is -2.30. The van der Waals surface area contributed by atoms with Crippen LogP contribution in [0.4, 0.5) is 5.82 Å². The van der Waals surface area contributed by atoms with Gasteiger partial charge in [0.1, 0.15) is 24.5 Å². The maximum Gasteiger partial charge on any atom is 0.218 e. The quantitative estimate of drug-likeness (QED) is 0.877. The smallest absolute Gasteiger partial charge is 0.218 e. The van der Waals surface area contributed by atoms with Crippen LogP contribution >= 0.6 is 0 Å². The summed E-state index contributed by atoms with van der Waals surface area (Å²) in [6, 6.07) is 9.87. The van der Waals surface area contributed by atoms with Gasteiger partial charge in [0.05, 0.1) is 13.2 Å². The van der Waals surface area contributed by atoms with Crippen molar-refractivity contribution in [3.8, 4) is 11.6 Å². The molecular formula is C15H19N3O2. The topological polar surface area (TPSA) is 56.3 Å². The van der Waals surface area contributed by atoms with Crippen molar-refractivity contribution in [3.05, 3.63) is 42.2 Å². The Morgan fingerprint density at radius 1 is 1.20 bits per heavy atom. The molecule has 0 aliphatic rings. The lowest BCUT2D eigenvalue weighted by Crippen LogP contribution is -2.24. The van der Waals surface area contributed by atoms with Gasteiger partial charge >= 0.3 is 0 Å². The highest BCUT2D eigenvalue weighted by Crippen LogP contribution is 2.14. The molecule has 0 aliphatic heterocycles. The van der Waals surface area contributed by atoms with Crippen LogP contribution in [0.3, 0.4) is 0 Å². The maximum absolute atomic E-state index is 5.71. The highest BCUT2D eigenvalue weighted by atomic mass is 16.5. The first-order valence-electron chi connectivity index (χ1n) is 6.49. The van der Waals surface area contributed by atoms with Crippen molar-refractivity contribution < 1.29 is 9.47 Å².